The van der Waals surface area contributed by atoms with Crippen LogP contribution in [0.15, 0.2) is 29.2 Å². The molecule has 1 aromatic carbocycles. The molecule has 0 aliphatic rings. The standard InChI is InChI=1S/C12H16O5S/c1-12(2,3)17-11(13)8-9-4-6-10(7-5-9)18(14,15)16/h4-7H,8H2,1-3H3,(H,14,15,16). The summed E-state index contributed by atoms with van der Waals surface area (Å²) in [5, 5.41) is 0. The fraction of sp³-hybridized carbons (Fsp3) is 0.417. The first-order chi connectivity index (χ1) is 8.08. The molecule has 6 heteroatoms. The summed E-state index contributed by atoms with van der Waals surface area (Å²) < 4.78 is 35.6. The number of hydrogen-bond donors (Lipinski definition) is 1. The fourth-order valence-corrected chi connectivity index (χ4v) is 1.80. The first-order valence-electron chi connectivity index (χ1n) is 5.36. The van der Waals surface area contributed by atoms with Crippen molar-refractivity contribution in [1.29, 1.82) is 0 Å². The number of esters is 1. The molecule has 0 unspecified atom stereocenters. The van der Waals surface area contributed by atoms with Gasteiger partial charge in [0.2, 0.25) is 0 Å². The van der Waals surface area contributed by atoms with Crippen molar-refractivity contribution in [2.24, 2.45) is 0 Å². The molecule has 0 heterocycles. The van der Waals surface area contributed by atoms with E-state index in [1.807, 2.05) is 0 Å². The monoisotopic (exact) mass is 272 g/mol. The lowest BCUT2D eigenvalue weighted by atomic mass is 10.1. The van der Waals surface area contributed by atoms with Crippen LogP contribution in [-0.4, -0.2) is 24.5 Å². The van der Waals surface area contributed by atoms with Crippen LogP contribution >= 0.6 is 0 Å². The van der Waals surface area contributed by atoms with Crippen LogP contribution in [0.5, 0.6) is 0 Å². The molecular weight excluding hydrogens is 256 g/mol. The van der Waals surface area contributed by atoms with Gasteiger partial charge in [0.25, 0.3) is 10.1 Å². The molecule has 18 heavy (non-hydrogen) atoms. The summed E-state index contributed by atoms with van der Waals surface area (Å²) in [4.78, 5) is 11.3. The first-order valence-corrected chi connectivity index (χ1v) is 6.80. The van der Waals surface area contributed by atoms with E-state index in [0.29, 0.717) is 5.56 Å². The molecule has 0 radical (unpaired) electrons. The van der Waals surface area contributed by atoms with Crippen LogP contribution in [-0.2, 0) is 26.1 Å². The van der Waals surface area contributed by atoms with Crippen molar-refractivity contribution >= 4 is 16.1 Å². The number of benzene rings is 1. The van der Waals surface area contributed by atoms with Crippen LogP contribution in [0.25, 0.3) is 0 Å². The van der Waals surface area contributed by atoms with Gasteiger partial charge in [-0.3, -0.25) is 9.35 Å². The van der Waals surface area contributed by atoms with E-state index in [1.54, 1.807) is 20.8 Å². The maximum atomic E-state index is 11.5. The minimum atomic E-state index is -4.19. The van der Waals surface area contributed by atoms with Crippen LogP contribution in [0.2, 0.25) is 0 Å². The van der Waals surface area contributed by atoms with Crippen LogP contribution in [0.3, 0.4) is 0 Å². The van der Waals surface area contributed by atoms with Crippen LogP contribution in [0.1, 0.15) is 26.3 Å². The third kappa shape index (κ3) is 4.85. The fourth-order valence-electron chi connectivity index (χ4n) is 1.32. The van der Waals surface area contributed by atoms with Gasteiger partial charge in [-0.2, -0.15) is 8.42 Å². The van der Waals surface area contributed by atoms with Crippen molar-refractivity contribution in [2.45, 2.75) is 37.7 Å². The van der Waals surface area contributed by atoms with E-state index in [9.17, 15) is 13.2 Å². The lowest BCUT2D eigenvalue weighted by molar-refractivity contribution is -0.153. The molecular formula is C12H16O5S. The predicted octanol–water partition coefficient (Wildman–Crippen LogP) is 1.82. The Balaban J connectivity index is 2.73. The molecule has 0 saturated carbocycles. The zero-order chi connectivity index (χ0) is 14.0. The van der Waals surface area contributed by atoms with E-state index in [2.05, 4.69) is 0 Å². The smallest absolute Gasteiger partial charge is 0.310 e. The molecule has 0 spiro atoms. The lowest BCUT2D eigenvalue weighted by Gasteiger charge is -2.19. The molecule has 0 aliphatic heterocycles. The zero-order valence-corrected chi connectivity index (χ0v) is 11.3. The molecule has 0 fully saturated rings. The summed E-state index contributed by atoms with van der Waals surface area (Å²) in [5.41, 5.74) is 0.0718. The van der Waals surface area contributed by atoms with Crippen molar-refractivity contribution in [1.82, 2.24) is 0 Å². The highest BCUT2D eigenvalue weighted by molar-refractivity contribution is 7.85. The van der Waals surface area contributed by atoms with Crippen LogP contribution < -0.4 is 0 Å². The quantitative estimate of drug-likeness (QED) is 0.670. The van der Waals surface area contributed by atoms with Crippen LogP contribution in [0, 0.1) is 0 Å². The van der Waals surface area contributed by atoms with E-state index in [4.69, 9.17) is 9.29 Å². The van der Waals surface area contributed by atoms with Gasteiger partial charge in [-0.05, 0) is 38.5 Å². The number of carbonyl (C=O) groups is 1. The third-order valence-electron chi connectivity index (χ3n) is 1.99. The molecule has 1 rings (SSSR count). The van der Waals surface area contributed by atoms with E-state index in [1.165, 1.54) is 24.3 Å². The van der Waals surface area contributed by atoms with Crippen molar-refractivity contribution in [3.63, 3.8) is 0 Å². The Morgan fingerprint density at radius 1 is 1.22 bits per heavy atom. The Bertz CT molecular complexity index is 523. The lowest BCUT2D eigenvalue weighted by Crippen LogP contribution is -2.24. The van der Waals surface area contributed by atoms with Gasteiger partial charge >= 0.3 is 5.97 Å². The second-order valence-corrected chi connectivity index (χ2v) is 6.30. The number of hydrogen-bond acceptors (Lipinski definition) is 4. The molecule has 0 saturated heterocycles. The Morgan fingerprint density at radius 2 is 1.72 bits per heavy atom. The van der Waals surface area contributed by atoms with E-state index < -0.39 is 15.7 Å². The summed E-state index contributed by atoms with van der Waals surface area (Å²) >= 11 is 0. The Morgan fingerprint density at radius 3 is 2.11 bits per heavy atom. The second kappa shape index (κ2) is 5.07. The number of rotatable bonds is 3. The van der Waals surface area contributed by atoms with Gasteiger partial charge in [-0.15, -0.1) is 0 Å². The van der Waals surface area contributed by atoms with E-state index in [-0.39, 0.29) is 17.3 Å². The van der Waals surface area contributed by atoms with Gasteiger partial charge in [0.15, 0.2) is 0 Å². The molecule has 0 aliphatic carbocycles. The van der Waals surface area contributed by atoms with Gasteiger partial charge in [-0.1, -0.05) is 12.1 Å². The summed E-state index contributed by atoms with van der Waals surface area (Å²) in [6.07, 6.45) is 0.0586. The SMILES string of the molecule is CC(C)(C)OC(=O)Cc1ccc(S(=O)(=O)O)cc1. The van der Waals surface area contributed by atoms with Crippen molar-refractivity contribution in [3.8, 4) is 0 Å². The molecule has 0 bridgehead atoms. The van der Waals surface area contributed by atoms with Gasteiger partial charge in [0.1, 0.15) is 5.60 Å². The summed E-state index contributed by atoms with van der Waals surface area (Å²) in [7, 11) is -4.19. The molecule has 100 valence electrons. The maximum Gasteiger partial charge on any atom is 0.310 e. The van der Waals surface area contributed by atoms with Gasteiger partial charge < -0.3 is 4.74 Å². The minimum Gasteiger partial charge on any atom is -0.460 e. The Hall–Kier alpha value is -1.40. The number of carbonyl (C=O) groups excluding carboxylic acids is 1. The number of ether oxygens (including phenoxy) is 1. The molecule has 1 aromatic rings. The molecule has 0 amide bonds. The first kappa shape index (κ1) is 14.7. The highest BCUT2D eigenvalue weighted by Gasteiger charge is 2.16. The topological polar surface area (TPSA) is 80.7 Å². The Labute approximate surface area is 107 Å². The van der Waals surface area contributed by atoms with Crippen LogP contribution in [0.4, 0.5) is 0 Å². The van der Waals surface area contributed by atoms with Gasteiger partial charge in [0, 0.05) is 0 Å². The molecule has 1 N–H and O–H groups in total. The molecule has 0 aromatic heterocycles. The highest BCUT2D eigenvalue weighted by Crippen LogP contribution is 2.13. The van der Waals surface area contributed by atoms with Crippen molar-refractivity contribution in [2.75, 3.05) is 0 Å². The third-order valence-corrected chi connectivity index (χ3v) is 2.86. The van der Waals surface area contributed by atoms with E-state index in [0.717, 1.165) is 0 Å². The van der Waals surface area contributed by atoms with Gasteiger partial charge in [-0.25, -0.2) is 0 Å². The predicted molar refractivity (Wildman–Crippen MR) is 65.8 cm³/mol. The maximum absolute atomic E-state index is 11.5. The summed E-state index contributed by atoms with van der Waals surface area (Å²) in [6.45, 7) is 5.31. The minimum absolute atomic E-state index is 0.0586. The highest BCUT2D eigenvalue weighted by atomic mass is 32.2. The molecule has 5 nitrogen and oxygen atoms in total. The largest absolute Gasteiger partial charge is 0.460 e. The van der Waals surface area contributed by atoms with E-state index >= 15 is 0 Å². The van der Waals surface area contributed by atoms with Crippen molar-refractivity contribution in [3.05, 3.63) is 29.8 Å². The van der Waals surface area contributed by atoms with Gasteiger partial charge in [0.05, 0.1) is 11.3 Å². The zero-order valence-electron chi connectivity index (χ0n) is 10.5. The summed E-state index contributed by atoms with van der Waals surface area (Å²) in [5.74, 6) is -0.387. The Kier molecular flexibility index (Phi) is 4.13. The average Bonchev–Trinajstić information content (AvgIpc) is 2.13. The molecule has 0 atom stereocenters. The average molecular weight is 272 g/mol. The normalized spacial score (nSPS) is 12.2. The van der Waals surface area contributed by atoms with Crippen molar-refractivity contribution < 1.29 is 22.5 Å². The summed E-state index contributed by atoms with van der Waals surface area (Å²) in [6, 6.07) is 5.42. The second-order valence-electron chi connectivity index (χ2n) is 4.88.